The Morgan fingerprint density at radius 3 is 2.55 bits per heavy atom. The minimum absolute atomic E-state index is 0.255. The fourth-order valence-corrected chi connectivity index (χ4v) is 2.20. The van der Waals surface area contributed by atoms with Crippen molar-refractivity contribution in [1.29, 1.82) is 0 Å². The number of aliphatic hydroxyl groups is 1. The van der Waals surface area contributed by atoms with Crippen molar-refractivity contribution in [2.75, 3.05) is 13.2 Å². The molecular formula is C16H20ClNO2. The van der Waals surface area contributed by atoms with E-state index in [0.29, 0.717) is 17.6 Å². The van der Waals surface area contributed by atoms with Crippen LogP contribution in [-0.2, 0) is 0 Å². The molecule has 2 rings (SSSR count). The van der Waals surface area contributed by atoms with Crippen LogP contribution in [0.1, 0.15) is 13.8 Å². The minimum atomic E-state index is -0.535. The van der Waals surface area contributed by atoms with Gasteiger partial charge in [0.2, 0.25) is 0 Å². The van der Waals surface area contributed by atoms with Gasteiger partial charge in [0.25, 0.3) is 0 Å². The van der Waals surface area contributed by atoms with Crippen molar-refractivity contribution in [3.63, 3.8) is 0 Å². The van der Waals surface area contributed by atoms with Crippen LogP contribution in [0.5, 0.6) is 5.75 Å². The quantitative estimate of drug-likeness (QED) is 0.859. The lowest BCUT2D eigenvalue weighted by molar-refractivity contribution is 0.105. The average molecular weight is 294 g/mol. The molecule has 0 saturated heterocycles. The Labute approximate surface area is 124 Å². The monoisotopic (exact) mass is 293 g/mol. The second-order valence-electron chi connectivity index (χ2n) is 5.12. The van der Waals surface area contributed by atoms with Gasteiger partial charge in [-0.15, -0.1) is 0 Å². The molecule has 2 N–H and O–H groups in total. The van der Waals surface area contributed by atoms with Gasteiger partial charge in [-0.2, -0.15) is 0 Å². The van der Waals surface area contributed by atoms with Crippen LogP contribution in [0, 0.1) is 0 Å². The maximum absolute atomic E-state index is 9.87. The van der Waals surface area contributed by atoms with Gasteiger partial charge in [0.1, 0.15) is 18.5 Å². The Morgan fingerprint density at radius 1 is 1.15 bits per heavy atom. The highest BCUT2D eigenvalue weighted by Gasteiger charge is 2.09. The van der Waals surface area contributed by atoms with Crippen LogP contribution in [-0.4, -0.2) is 30.4 Å². The Balaban J connectivity index is 2.05. The van der Waals surface area contributed by atoms with E-state index >= 15 is 0 Å². The number of halogens is 1. The number of benzene rings is 2. The van der Waals surface area contributed by atoms with E-state index in [4.69, 9.17) is 16.3 Å². The van der Waals surface area contributed by atoms with E-state index in [2.05, 4.69) is 5.32 Å². The average Bonchev–Trinajstić information content (AvgIpc) is 2.45. The second kappa shape index (κ2) is 6.93. The maximum atomic E-state index is 9.87. The van der Waals surface area contributed by atoms with Crippen molar-refractivity contribution in [3.05, 3.63) is 41.4 Å². The first-order valence-corrected chi connectivity index (χ1v) is 7.17. The molecule has 1 atom stereocenters. The van der Waals surface area contributed by atoms with Crippen molar-refractivity contribution < 1.29 is 9.84 Å². The molecule has 0 amide bonds. The highest BCUT2D eigenvalue weighted by molar-refractivity contribution is 6.35. The molecular weight excluding hydrogens is 274 g/mol. The molecule has 0 radical (unpaired) electrons. The third-order valence-electron chi connectivity index (χ3n) is 3.02. The van der Waals surface area contributed by atoms with Gasteiger partial charge >= 0.3 is 0 Å². The number of ether oxygens (including phenoxy) is 1. The lowest BCUT2D eigenvalue weighted by Gasteiger charge is -2.16. The highest BCUT2D eigenvalue weighted by atomic mass is 35.5. The lowest BCUT2D eigenvalue weighted by atomic mass is 10.1. The maximum Gasteiger partial charge on any atom is 0.127 e. The van der Waals surface area contributed by atoms with E-state index in [9.17, 15) is 5.11 Å². The lowest BCUT2D eigenvalue weighted by Crippen LogP contribution is -2.35. The topological polar surface area (TPSA) is 41.5 Å². The Hall–Kier alpha value is -1.29. The standard InChI is InChI=1S/C16H20ClNO2/c1-11(2)18-9-12(19)10-20-16-8-7-15(17)13-5-3-4-6-14(13)16/h3-8,11-12,18-19H,9-10H2,1-2H3/t12-/m1/s1. The summed E-state index contributed by atoms with van der Waals surface area (Å²) in [6.45, 7) is 4.86. The van der Waals surface area contributed by atoms with E-state index in [1.165, 1.54) is 0 Å². The molecule has 3 nitrogen and oxygen atoms in total. The largest absolute Gasteiger partial charge is 0.490 e. The molecule has 0 aliphatic carbocycles. The first-order chi connectivity index (χ1) is 9.58. The SMILES string of the molecule is CC(C)NC[C@@H](O)COc1ccc(Cl)c2ccccc12. The first-order valence-electron chi connectivity index (χ1n) is 6.79. The van der Waals surface area contributed by atoms with E-state index in [0.717, 1.165) is 16.5 Å². The van der Waals surface area contributed by atoms with Crippen LogP contribution in [0.15, 0.2) is 36.4 Å². The van der Waals surface area contributed by atoms with Gasteiger partial charge in [-0.1, -0.05) is 49.7 Å². The summed E-state index contributed by atoms with van der Waals surface area (Å²) in [4.78, 5) is 0. The molecule has 108 valence electrons. The molecule has 0 spiro atoms. The van der Waals surface area contributed by atoms with Crippen LogP contribution < -0.4 is 10.1 Å². The van der Waals surface area contributed by atoms with E-state index in [-0.39, 0.29) is 6.61 Å². The number of hydrogen-bond donors (Lipinski definition) is 2. The molecule has 4 heteroatoms. The summed E-state index contributed by atoms with van der Waals surface area (Å²) in [5.41, 5.74) is 0. The van der Waals surface area contributed by atoms with Crippen LogP contribution in [0.2, 0.25) is 5.02 Å². The first kappa shape index (κ1) is 15.1. The minimum Gasteiger partial charge on any atom is -0.490 e. The molecule has 0 aliphatic rings. The molecule has 0 aliphatic heterocycles. The summed E-state index contributed by atoms with van der Waals surface area (Å²) in [5.74, 6) is 0.744. The van der Waals surface area contributed by atoms with Gasteiger partial charge in [-0.25, -0.2) is 0 Å². The van der Waals surface area contributed by atoms with Gasteiger partial charge in [0.15, 0.2) is 0 Å². The fraction of sp³-hybridized carbons (Fsp3) is 0.375. The molecule has 0 unspecified atom stereocenters. The summed E-state index contributed by atoms with van der Waals surface area (Å²) in [5, 5.41) is 15.7. The van der Waals surface area contributed by atoms with Crippen LogP contribution in [0.25, 0.3) is 10.8 Å². The van der Waals surface area contributed by atoms with Crippen molar-refractivity contribution in [1.82, 2.24) is 5.32 Å². The van der Waals surface area contributed by atoms with Gasteiger partial charge in [-0.05, 0) is 12.1 Å². The number of hydrogen-bond acceptors (Lipinski definition) is 3. The molecule has 2 aromatic carbocycles. The van der Waals surface area contributed by atoms with Crippen molar-refractivity contribution in [2.24, 2.45) is 0 Å². The van der Waals surface area contributed by atoms with Crippen molar-refractivity contribution in [2.45, 2.75) is 26.0 Å². The molecule has 2 aromatic rings. The van der Waals surface area contributed by atoms with Gasteiger partial charge < -0.3 is 15.2 Å². The second-order valence-corrected chi connectivity index (χ2v) is 5.53. The third-order valence-corrected chi connectivity index (χ3v) is 3.35. The number of rotatable bonds is 6. The van der Waals surface area contributed by atoms with Crippen LogP contribution in [0.4, 0.5) is 0 Å². The van der Waals surface area contributed by atoms with Gasteiger partial charge in [0.05, 0.1) is 0 Å². The summed E-state index contributed by atoms with van der Waals surface area (Å²) in [6.07, 6.45) is -0.535. The summed E-state index contributed by atoms with van der Waals surface area (Å²) < 4.78 is 5.72. The predicted molar refractivity (Wildman–Crippen MR) is 83.6 cm³/mol. The number of nitrogens with one attached hydrogen (secondary N) is 1. The van der Waals surface area contributed by atoms with Crippen molar-refractivity contribution in [3.8, 4) is 5.75 Å². The molecule has 0 fully saturated rings. The van der Waals surface area contributed by atoms with Crippen molar-refractivity contribution >= 4 is 22.4 Å². The van der Waals surface area contributed by atoms with Gasteiger partial charge in [-0.3, -0.25) is 0 Å². The number of fused-ring (bicyclic) bond motifs is 1. The van der Waals surface area contributed by atoms with E-state index in [1.54, 1.807) is 0 Å². The smallest absolute Gasteiger partial charge is 0.127 e. The Bertz CT molecular complexity index is 571. The number of aliphatic hydroxyl groups excluding tert-OH is 1. The Kier molecular flexibility index (Phi) is 5.24. The Morgan fingerprint density at radius 2 is 1.85 bits per heavy atom. The normalized spacial score (nSPS) is 12.8. The third kappa shape index (κ3) is 3.85. The van der Waals surface area contributed by atoms with E-state index in [1.807, 2.05) is 50.2 Å². The summed E-state index contributed by atoms with van der Waals surface area (Å²) in [6, 6.07) is 11.8. The summed E-state index contributed by atoms with van der Waals surface area (Å²) in [7, 11) is 0. The molecule has 0 heterocycles. The zero-order valence-corrected chi connectivity index (χ0v) is 12.5. The van der Waals surface area contributed by atoms with E-state index < -0.39 is 6.10 Å². The zero-order valence-electron chi connectivity index (χ0n) is 11.8. The zero-order chi connectivity index (χ0) is 14.5. The summed E-state index contributed by atoms with van der Waals surface area (Å²) >= 11 is 6.16. The van der Waals surface area contributed by atoms with Crippen LogP contribution >= 0.6 is 11.6 Å². The highest BCUT2D eigenvalue weighted by Crippen LogP contribution is 2.31. The van der Waals surface area contributed by atoms with Gasteiger partial charge in [0, 0.05) is 28.4 Å². The predicted octanol–water partition coefficient (Wildman–Crippen LogP) is 3.23. The fourth-order valence-electron chi connectivity index (χ4n) is 1.98. The molecule has 0 saturated carbocycles. The van der Waals surface area contributed by atoms with Crippen LogP contribution in [0.3, 0.4) is 0 Å². The molecule has 20 heavy (non-hydrogen) atoms. The molecule has 0 aromatic heterocycles. The molecule has 0 bridgehead atoms.